The molecule has 1 N–H and O–H groups in total. The lowest BCUT2D eigenvalue weighted by Gasteiger charge is -2.41. The number of rotatable bonds is 6. The molecule has 36 heavy (non-hydrogen) atoms. The predicted molar refractivity (Wildman–Crippen MR) is 134 cm³/mol. The molecule has 2 aromatic rings. The Bertz CT molecular complexity index is 1080. The number of nitrogens with one attached hydrogen (secondary N) is 1. The van der Waals surface area contributed by atoms with Gasteiger partial charge in [-0.25, -0.2) is 4.79 Å². The molecule has 0 spiro atoms. The fourth-order valence-corrected chi connectivity index (χ4v) is 6.02. The maximum Gasteiger partial charge on any atom is 0.326 e. The van der Waals surface area contributed by atoms with E-state index in [2.05, 4.69) is 5.32 Å². The fourth-order valence-electron chi connectivity index (χ4n) is 6.02. The molecule has 0 aromatic heterocycles. The summed E-state index contributed by atoms with van der Waals surface area (Å²) in [5.41, 5.74) is -0.277. The summed E-state index contributed by atoms with van der Waals surface area (Å²) >= 11 is 0. The van der Waals surface area contributed by atoms with Crippen LogP contribution in [0.15, 0.2) is 48.5 Å². The summed E-state index contributed by atoms with van der Waals surface area (Å²) in [6.07, 6.45) is 5.87. The third-order valence-electron chi connectivity index (χ3n) is 8.09. The minimum Gasteiger partial charge on any atom is -0.497 e. The molecule has 5 rings (SSSR count). The van der Waals surface area contributed by atoms with E-state index in [1.165, 1.54) is 19.3 Å². The lowest BCUT2D eigenvalue weighted by Crippen LogP contribution is -2.50. The Morgan fingerprint density at radius 2 is 1.44 bits per heavy atom. The highest BCUT2D eigenvalue weighted by Gasteiger charge is 2.54. The number of fused-ring (bicyclic) bond motifs is 1. The van der Waals surface area contributed by atoms with Crippen molar-refractivity contribution in [2.24, 2.45) is 11.8 Å². The Kier molecular flexibility index (Phi) is 6.60. The van der Waals surface area contributed by atoms with Crippen LogP contribution in [0.5, 0.6) is 11.5 Å². The van der Waals surface area contributed by atoms with Crippen molar-refractivity contribution in [2.45, 2.75) is 37.6 Å². The van der Waals surface area contributed by atoms with Gasteiger partial charge in [-0.3, -0.25) is 14.5 Å². The largest absolute Gasteiger partial charge is 0.497 e. The Morgan fingerprint density at radius 1 is 0.889 bits per heavy atom. The highest BCUT2D eigenvalue weighted by molar-refractivity contribution is 6.11. The van der Waals surface area contributed by atoms with Gasteiger partial charge in [-0.2, -0.15) is 0 Å². The first-order valence-corrected chi connectivity index (χ1v) is 12.7. The molecule has 2 heterocycles. The van der Waals surface area contributed by atoms with Crippen molar-refractivity contribution in [3.63, 3.8) is 0 Å². The second-order valence-electron chi connectivity index (χ2n) is 9.96. The summed E-state index contributed by atoms with van der Waals surface area (Å²) < 4.78 is 10.6. The van der Waals surface area contributed by atoms with E-state index in [-0.39, 0.29) is 12.5 Å². The number of hydrogen-bond donors (Lipinski definition) is 1. The van der Waals surface area contributed by atoms with Gasteiger partial charge in [0.05, 0.1) is 14.2 Å². The molecule has 2 aromatic carbocycles. The zero-order chi connectivity index (χ0) is 25.3. The number of methoxy groups -OCH3 is 2. The van der Waals surface area contributed by atoms with Gasteiger partial charge in [0.15, 0.2) is 5.54 Å². The average Bonchev–Trinajstić information content (AvgIpc) is 3.18. The maximum atomic E-state index is 14.0. The van der Waals surface area contributed by atoms with E-state index in [0.717, 1.165) is 24.3 Å². The lowest BCUT2D eigenvalue weighted by molar-refractivity contribution is -0.140. The molecular formula is C28H33N3O5. The molecule has 1 saturated carbocycles. The molecule has 4 amide bonds. The number of carbonyl (C=O) groups excluding carboxylic acids is 3. The summed E-state index contributed by atoms with van der Waals surface area (Å²) in [5, 5.41) is 2.91. The third kappa shape index (κ3) is 4.18. The van der Waals surface area contributed by atoms with Gasteiger partial charge in [-0.1, -0.05) is 43.5 Å². The molecule has 0 bridgehead atoms. The van der Waals surface area contributed by atoms with Crippen LogP contribution in [0.1, 0.15) is 43.2 Å². The minimum atomic E-state index is -1.45. The van der Waals surface area contributed by atoms with Crippen molar-refractivity contribution < 1.29 is 23.9 Å². The molecule has 2 saturated heterocycles. The van der Waals surface area contributed by atoms with Crippen LogP contribution in [0, 0.1) is 11.8 Å². The number of ether oxygens (including phenoxy) is 2. The van der Waals surface area contributed by atoms with Gasteiger partial charge in [0.25, 0.3) is 5.91 Å². The van der Waals surface area contributed by atoms with Crippen molar-refractivity contribution in [2.75, 3.05) is 33.9 Å². The van der Waals surface area contributed by atoms with Crippen LogP contribution < -0.4 is 14.8 Å². The van der Waals surface area contributed by atoms with Crippen LogP contribution in [-0.2, 0) is 15.1 Å². The molecule has 2 atom stereocenters. The molecule has 0 unspecified atom stereocenters. The van der Waals surface area contributed by atoms with Crippen LogP contribution in [0.4, 0.5) is 4.79 Å². The van der Waals surface area contributed by atoms with Crippen LogP contribution in [-0.4, -0.2) is 61.5 Å². The van der Waals surface area contributed by atoms with Gasteiger partial charge in [-0.05, 0) is 60.1 Å². The van der Waals surface area contributed by atoms with E-state index in [1.54, 1.807) is 62.8 Å². The summed E-state index contributed by atoms with van der Waals surface area (Å²) in [5.74, 6) is 1.85. The zero-order valence-corrected chi connectivity index (χ0v) is 20.9. The second-order valence-corrected chi connectivity index (χ2v) is 9.96. The first-order valence-electron chi connectivity index (χ1n) is 12.7. The summed E-state index contributed by atoms with van der Waals surface area (Å²) in [4.78, 5) is 43.4. The van der Waals surface area contributed by atoms with Crippen molar-refractivity contribution in [1.82, 2.24) is 15.1 Å². The molecule has 3 fully saturated rings. The first kappa shape index (κ1) is 24.2. The summed E-state index contributed by atoms with van der Waals surface area (Å²) in [6.45, 7) is 1.14. The minimum absolute atomic E-state index is 0.178. The smallest absolute Gasteiger partial charge is 0.326 e. The third-order valence-corrected chi connectivity index (χ3v) is 8.09. The van der Waals surface area contributed by atoms with E-state index in [9.17, 15) is 14.4 Å². The van der Waals surface area contributed by atoms with Crippen LogP contribution in [0.2, 0.25) is 0 Å². The van der Waals surface area contributed by atoms with Crippen LogP contribution in [0.3, 0.4) is 0 Å². The van der Waals surface area contributed by atoms with E-state index in [1.807, 2.05) is 4.90 Å². The lowest BCUT2D eigenvalue weighted by atomic mass is 9.75. The Labute approximate surface area is 211 Å². The molecule has 0 radical (unpaired) electrons. The van der Waals surface area contributed by atoms with Crippen molar-refractivity contribution >= 4 is 17.8 Å². The maximum absolute atomic E-state index is 14.0. The normalized spacial score (nSPS) is 23.2. The first-order chi connectivity index (χ1) is 17.5. The standard InChI is InChI=1S/C28H33N3O5/c1-35-23-11-7-21(8-12-23)28(22-9-13-24(36-2)14-10-22)26(33)31(27(34)29-28)18-25(32)30-16-15-19-5-3-4-6-20(19)17-30/h7-14,19-20H,3-6,15-18H2,1-2H3,(H,29,34)/t19-,20+/m1/s1. The number of nitrogens with zero attached hydrogens (tertiary/aromatic N) is 2. The van der Waals surface area contributed by atoms with Crippen LogP contribution in [0.25, 0.3) is 0 Å². The SMILES string of the molecule is COc1ccc(C2(c3ccc(OC)cc3)NC(=O)N(CC(=O)N3CC[C@H]4CCCC[C@H]4C3)C2=O)cc1. The number of imide groups is 1. The molecule has 3 aliphatic rings. The molecule has 8 nitrogen and oxygen atoms in total. The number of likely N-dealkylation sites (tertiary alicyclic amines) is 1. The number of hydrogen-bond acceptors (Lipinski definition) is 5. The van der Waals surface area contributed by atoms with E-state index in [0.29, 0.717) is 41.0 Å². The van der Waals surface area contributed by atoms with Crippen LogP contribution >= 0.6 is 0 Å². The topological polar surface area (TPSA) is 88.2 Å². The Balaban J connectivity index is 1.42. The quantitative estimate of drug-likeness (QED) is 0.625. The van der Waals surface area contributed by atoms with Crippen molar-refractivity contribution in [3.8, 4) is 11.5 Å². The number of piperidine rings is 1. The van der Waals surface area contributed by atoms with Crippen molar-refractivity contribution in [3.05, 3.63) is 59.7 Å². The Hall–Kier alpha value is -3.55. The van der Waals surface area contributed by atoms with Gasteiger partial charge in [-0.15, -0.1) is 0 Å². The zero-order valence-electron chi connectivity index (χ0n) is 20.9. The predicted octanol–water partition coefficient (Wildman–Crippen LogP) is 3.54. The number of urea groups is 1. The van der Waals surface area contributed by atoms with Gasteiger partial charge in [0.1, 0.15) is 18.0 Å². The second kappa shape index (κ2) is 9.84. The summed E-state index contributed by atoms with van der Waals surface area (Å²) in [7, 11) is 3.14. The van der Waals surface area contributed by atoms with Gasteiger partial charge in [0.2, 0.25) is 5.91 Å². The number of carbonyl (C=O) groups is 3. The molecule has 2 aliphatic heterocycles. The van der Waals surface area contributed by atoms with Crippen molar-refractivity contribution in [1.29, 1.82) is 0 Å². The van der Waals surface area contributed by atoms with Gasteiger partial charge in [0, 0.05) is 13.1 Å². The molecular weight excluding hydrogens is 458 g/mol. The highest BCUT2D eigenvalue weighted by atomic mass is 16.5. The highest BCUT2D eigenvalue weighted by Crippen LogP contribution is 2.39. The Morgan fingerprint density at radius 3 is 2.00 bits per heavy atom. The van der Waals surface area contributed by atoms with E-state index in [4.69, 9.17) is 9.47 Å². The monoisotopic (exact) mass is 491 g/mol. The number of benzene rings is 2. The van der Waals surface area contributed by atoms with E-state index >= 15 is 0 Å². The number of amides is 4. The fraction of sp³-hybridized carbons (Fsp3) is 0.464. The summed E-state index contributed by atoms with van der Waals surface area (Å²) in [6, 6.07) is 13.5. The molecule has 190 valence electrons. The average molecular weight is 492 g/mol. The van der Waals surface area contributed by atoms with Gasteiger partial charge >= 0.3 is 6.03 Å². The molecule has 8 heteroatoms. The van der Waals surface area contributed by atoms with E-state index < -0.39 is 17.5 Å². The van der Waals surface area contributed by atoms with Gasteiger partial charge < -0.3 is 19.7 Å². The molecule has 1 aliphatic carbocycles.